The summed E-state index contributed by atoms with van der Waals surface area (Å²) in [5.74, 6) is 0. The summed E-state index contributed by atoms with van der Waals surface area (Å²) in [5.41, 5.74) is 6.59. The smallest absolute Gasteiger partial charge is 0.0702 e. The number of benzene rings is 2. The molecule has 2 aromatic carbocycles. The molecule has 0 saturated carbocycles. The monoisotopic (exact) mass is 277 g/mol. The van der Waals surface area contributed by atoms with Crippen molar-refractivity contribution < 1.29 is 5.11 Å². The summed E-state index contributed by atoms with van der Waals surface area (Å²) in [5, 5.41) is 10.7. The van der Waals surface area contributed by atoms with E-state index in [0.717, 1.165) is 17.5 Å². The maximum Gasteiger partial charge on any atom is 0.0702 e. The molecule has 2 nitrogen and oxygen atoms in total. The quantitative estimate of drug-likeness (QED) is 0.776. The van der Waals surface area contributed by atoms with Crippen molar-refractivity contribution in [1.82, 2.24) is 4.57 Å². The fourth-order valence-electron chi connectivity index (χ4n) is 3.50. The Morgan fingerprint density at radius 1 is 1.00 bits per heavy atom. The van der Waals surface area contributed by atoms with Crippen molar-refractivity contribution in [3.8, 4) is 0 Å². The molecule has 0 atom stereocenters. The highest BCUT2D eigenvalue weighted by Gasteiger charge is 2.12. The molecule has 1 aromatic heterocycles. The van der Waals surface area contributed by atoms with Crippen LogP contribution >= 0.6 is 0 Å². The van der Waals surface area contributed by atoms with Gasteiger partial charge in [-0.1, -0.05) is 36.4 Å². The molecular formula is C19H19NO. The average Bonchev–Trinajstić information content (AvgIpc) is 3.12. The molecule has 1 heterocycles. The molecule has 0 radical (unpaired) electrons. The molecule has 106 valence electrons. The van der Waals surface area contributed by atoms with Crippen molar-refractivity contribution in [1.29, 1.82) is 0 Å². The Labute approximate surface area is 124 Å². The predicted molar refractivity (Wildman–Crippen MR) is 85.4 cm³/mol. The largest absolute Gasteiger partial charge is 0.392 e. The summed E-state index contributed by atoms with van der Waals surface area (Å²) in [7, 11) is 0. The van der Waals surface area contributed by atoms with E-state index in [4.69, 9.17) is 0 Å². The Balaban J connectivity index is 1.74. The first-order chi connectivity index (χ1) is 10.3. The number of para-hydroxylation sites is 1. The van der Waals surface area contributed by atoms with Gasteiger partial charge in [0.05, 0.1) is 6.61 Å². The summed E-state index contributed by atoms with van der Waals surface area (Å²) < 4.78 is 2.25. The minimum absolute atomic E-state index is 0.0949. The topological polar surface area (TPSA) is 25.2 Å². The lowest BCUT2D eigenvalue weighted by Gasteiger charge is -2.08. The van der Waals surface area contributed by atoms with Gasteiger partial charge in [-0.15, -0.1) is 0 Å². The first-order valence-electron chi connectivity index (χ1n) is 7.63. The van der Waals surface area contributed by atoms with Crippen molar-refractivity contribution in [2.45, 2.75) is 32.4 Å². The first kappa shape index (κ1) is 12.7. The summed E-state index contributed by atoms with van der Waals surface area (Å²) in [6.45, 7) is 0.964. The number of rotatable bonds is 3. The maximum atomic E-state index is 9.53. The molecule has 4 rings (SSSR count). The van der Waals surface area contributed by atoms with Crippen molar-refractivity contribution >= 4 is 10.9 Å². The summed E-state index contributed by atoms with van der Waals surface area (Å²) in [6.07, 6.45) is 5.83. The number of nitrogens with zero attached hydrogens (tertiary/aromatic N) is 1. The number of aromatic nitrogens is 1. The molecule has 0 unspecified atom stereocenters. The van der Waals surface area contributed by atoms with Gasteiger partial charge < -0.3 is 9.67 Å². The van der Waals surface area contributed by atoms with E-state index >= 15 is 0 Å². The fraction of sp³-hybridized carbons (Fsp3) is 0.263. The minimum atomic E-state index is 0.0949. The van der Waals surface area contributed by atoms with Crippen LogP contribution in [0.15, 0.2) is 48.7 Å². The lowest BCUT2D eigenvalue weighted by Crippen LogP contribution is -1.99. The van der Waals surface area contributed by atoms with Gasteiger partial charge in [-0.05, 0) is 42.0 Å². The molecule has 0 saturated heterocycles. The highest BCUT2D eigenvalue weighted by Crippen LogP contribution is 2.25. The Kier molecular flexibility index (Phi) is 3.04. The lowest BCUT2D eigenvalue weighted by molar-refractivity contribution is 0.283. The van der Waals surface area contributed by atoms with Crippen LogP contribution in [0.4, 0.5) is 0 Å². The number of aliphatic hydroxyl groups is 1. The fourth-order valence-corrected chi connectivity index (χ4v) is 3.50. The van der Waals surface area contributed by atoms with Crippen molar-refractivity contribution in [3.05, 3.63) is 70.9 Å². The van der Waals surface area contributed by atoms with E-state index in [-0.39, 0.29) is 6.61 Å². The highest BCUT2D eigenvalue weighted by atomic mass is 16.3. The molecule has 0 fully saturated rings. The summed E-state index contributed by atoms with van der Waals surface area (Å²) >= 11 is 0. The van der Waals surface area contributed by atoms with Gasteiger partial charge in [0.25, 0.3) is 0 Å². The Bertz CT molecular complexity index is 800. The van der Waals surface area contributed by atoms with E-state index in [1.54, 1.807) is 0 Å². The first-order valence-corrected chi connectivity index (χ1v) is 7.63. The molecule has 0 bridgehead atoms. The molecule has 1 aliphatic carbocycles. The van der Waals surface area contributed by atoms with Gasteiger partial charge >= 0.3 is 0 Å². The Hall–Kier alpha value is -2.06. The second kappa shape index (κ2) is 5.05. The van der Waals surface area contributed by atoms with Gasteiger partial charge in [0.1, 0.15) is 0 Å². The van der Waals surface area contributed by atoms with Crippen molar-refractivity contribution in [2.24, 2.45) is 0 Å². The van der Waals surface area contributed by atoms with Gasteiger partial charge in [0, 0.05) is 29.2 Å². The van der Waals surface area contributed by atoms with Crippen LogP contribution in [0, 0.1) is 0 Å². The molecular weight excluding hydrogens is 258 g/mol. The van der Waals surface area contributed by atoms with E-state index in [0.29, 0.717) is 0 Å². The zero-order valence-electron chi connectivity index (χ0n) is 12.0. The van der Waals surface area contributed by atoms with Crippen LogP contribution in [0.1, 0.15) is 28.7 Å². The normalized spacial score (nSPS) is 13.8. The second-order valence-corrected chi connectivity index (χ2v) is 5.91. The SMILES string of the molecule is OCc1cn(Cc2ccc3c(c2)CCC3)c2ccccc12. The van der Waals surface area contributed by atoms with Crippen LogP contribution in [0.3, 0.4) is 0 Å². The zero-order chi connectivity index (χ0) is 14.2. The molecule has 1 N–H and O–H groups in total. The summed E-state index contributed by atoms with van der Waals surface area (Å²) in [6, 6.07) is 15.2. The van der Waals surface area contributed by atoms with Gasteiger partial charge in [-0.3, -0.25) is 0 Å². The van der Waals surface area contributed by atoms with Gasteiger partial charge in [-0.25, -0.2) is 0 Å². The third-order valence-corrected chi connectivity index (χ3v) is 4.56. The zero-order valence-corrected chi connectivity index (χ0v) is 12.0. The Morgan fingerprint density at radius 2 is 1.86 bits per heavy atom. The van der Waals surface area contributed by atoms with Gasteiger partial charge in [-0.2, -0.15) is 0 Å². The van der Waals surface area contributed by atoms with E-state index in [1.807, 2.05) is 6.07 Å². The number of aliphatic hydroxyl groups excluding tert-OH is 1. The van der Waals surface area contributed by atoms with Crippen LogP contribution in [0.5, 0.6) is 0 Å². The van der Waals surface area contributed by atoms with Crippen LogP contribution in [-0.2, 0) is 26.0 Å². The summed E-state index contributed by atoms with van der Waals surface area (Å²) in [4.78, 5) is 0. The third-order valence-electron chi connectivity index (χ3n) is 4.56. The molecule has 0 spiro atoms. The van der Waals surface area contributed by atoms with Crippen LogP contribution in [-0.4, -0.2) is 9.67 Å². The predicted octanol–water partition coefficient (Wildman–Crippen LogP) is 3.67. The van der Waals surface area contributed by atoms with Gasteiger partial charge in [0.2, 0.25) is 0 Å². The molecule has 3 aromatic rings. The molecule has 0 aliphatic heterocycles. The second-order valence-electron chi connectivity index (χ2n) is 5.91. The molecule has 2 heteroatoms. The third kappa shape index (κ3) is 2.16. The van der Waals surface area contributed by atoms with E-state index in [1.165, 1.54) is 41.5 Å². The minimum Gasteiger partial charge on any atom is -0.392 e. The van der Waals surface area contributed by atoms with E-state index in [2.05, 4.69) is 47.2 Å². The average molecular weight is 277 g/mol. The van der Waals surface area contributed by atoms with E-state index in [9.17, 15) is 5.11 Å². The van der Waals surface area contributed by atoms with Crippen LogP contribution in [0.2, 0.25) is 0 Å². The van der Waals surface area contributed by atoms with Crippen LogP contribution in [0.25, 0.3) is 10.9 Å². The van der Waals surface area contributed by atoms with Crippen molar-refractivity contribution in [3.63, 3.8) is 0 Å². The van der Waals surface area contributed by atoms with Gasteiger partial charge in [0.15, 0.2) is 0 Å². The number of hydrogen-bond donors (Lipinski definition) is 1. The molecule has 21 heavy (non-hydrogen) atoms. The number of hydrogen-bond acceptors (Lipinski definition) is 1. The number of fused-ring (bicyclic) bond motifs is 2. The standard InChI is InChI=1S/C19H19NO/c21-13-17-12-20(19-7-2-1-6-18(17)19)11-14-8-9-15-4-3-5-16(15)10-14/h1-2,6-10,12,21H,3-5,11,13H2. The molecule has 0 amide bonds. The van der Waals surface area contributed by atoms with E-state index < -0.39 is 0 Å². The lowest BCUT2D eigenvalue weighted by atomic mass is 10.1. The van der Waals surface area contributed by atoms with Crippen LogP contribution < -0.4 is 0 Å². The molecule has 1 aliphatic rings. The van der Waals surface area contributed by atoms with Crippen molar-refractivity contribution in [2.75, 3.05) is 0 Å². The highest BCUT2D eigenvalue weighted by molar-refractivity contribution is 5.83. The Morgan fingerprint density at radius 3 is 2.76 bits per heavy atom. The maximum absolute atomic E-state index is 9.53. The number of aryl methyl sites for hydroxylation is 2.